The van der Waals surface area contributed by atoms with Gasteiger partial charge in [-0.3, -0.25) is 0 Å². The van der Waals surface area contributed by atoms with Crippen LogP contribution in [0.5, 0.6) is 0 Å². The van der Waals surface area contributed by atoms with Gasteiger partial charge in [0.25, 0.3) is 0 Å². The summed E-state index contributed by atoms with van der Waals surface area (Å²) in [5.74, 6) is 0. The SMILES string of the molecule is CC12CC=CC(N(c3ccc4c(c3)-c3cccc5cc6ccccc6c-4c35)C3C=Cc4c(n(-c5ccccc5)c5ccccc45)C3)=C1Sc1ccccc12. The first kappa shape index (κ1) is 30.4. The number of hydrogen-bond donors (Lipinski definition) is 0. The van der Waals surface area contributed by atoms with E-state index < -0.39 is 0 Å². The molecule has 54 heavy (non-hydrogen) atoms. The van der Waals surface area contributed by atoms with E-state index in [0.29, 0.717) is 0 Å². The Kier molecular flexibility index (Phi) is 6.33. The molecule has 2 unspecified atom stereocenters. The zero-order chi connectivity index (χ0) is 35.5. The quantitative estimate of drug-likeness (QED) is 0.168. The molecule has 2 nitrogen and oxygen atoms in total. The van der Waals surface area contributed by atoms with Crippen molar-refractivity contribution in [2.75, 3.05) is 4.90 Å². The highest BCUT2D eigenvalue weighted by Crippen LogP contribution is 2.58. The average molecular weight is 709 g/mol. The van der Waals surface area contributed by atoms with Crippen LogP contribution in [-0.4, -0.2) is 10.6 Å². The Morgan fingerprint density at radius 3 is 2.41 bits per heavy atom. The monoisotopic (exact) mass is 708 g/mol. The number of para-hydroxylation sites is 2. The molecular weight excluding hydrogens is 673 g/mol. The van der Waals surface area contributed by atoms with Crippen molar-refractivity contribution in [2.45, 2.75) is 36.1 Å². The van der Waals surface area contributed by atoms with E-state index >= 15 is 0 Å². The fraction of sp³-hybridized carbons (Fsp3) is 0.0980. The van der Waals surface area contributed by atoms with Crippen LogP contribution in [0.1, 0.15) is 30.2 Å². The predicted octanol–water partition coefficient (Wildman–Crippen LogP) is 13.3. The van der Waals surface area contributed by atoms with Gasteiger partial charge < -0.3 is 9.47 Å². The van der Waals surface area contributed by atoms with Crippen LogP contribution < -0.4 is 4.90 Å². The molecule has 7 aromatic carbocycles. The number of allylic oxidation sites excluding steroid dienone is 3. The molecule has 1 aromatic heterocycles. The number of nitrogens with zero attached hydrogens (tertiary/aromatic N) is 2. The fourth-order valence-corrected chi connectivity index (χ4v) is 11.5. The van der Waals surface area contributed by atoms with Gasteiger partial charge >= 0.3 is 0 Å². The maximum Gasteiger partial charge on any atom is 0.0580 e. The van der Waals surface area contributed by atoms with E-state index in [2.05, 4.69) is 186 Å². The molecule has 0 saturated carbocycles. The molecule has 8 aromatic rings. The number of aromatic nitrogens is 1. The van der Waals surface area contributed by atoms with Crippen molar-refractivity contribution in [3.63, 3.8) is 0 Å². The first-order valence-electron chi connectivity index (χ1n) is 19.1. The summed E-state index contributed by atoms with van der Waals surface area (Å²) < 4.78 is 2.50. The molecule has 2 heterocycles. The molecular formula is C51H36N2S. The molecule has 12 rings (SSSR count). The molecule has 0 saturated heterocycles. The lowest BCUT2D eigenvalue weighted by Gasteiger charge is -2.40. The van der Waals surface area contributed by atoms with Crippen LogP contribution >= 0.6 is 11.8 Å². The number of fused-ring (bicyclic) bond motifs is 11. The molecule has 0 N–H and O–H groups in total. The van der Waals surface area contributed by atoms with Gasteiger partial charge in [-0.2, -0.15) is 0 Å². The summed E-state index contributed by atoms with van der Waals surface area (Å²) in [4.78, 5) is 5.51. The molecule has 2 atom stereocenters. The van der Waals surface area contributed by atoms with Crippen LogP contribution in [0, 0.1) is 0 Å². The van der Waals surface area contributed by atoms with Crippen molar-refractivity contribution < 1.29 is 0 Å². The first-order chi connectivity index (χ1) is 26.7. The second-order valence-electron chi connectivity index (χ2n) is 15.4. The first-order valence-corrected chi connectivity index (χ1v) is 19.9. The normalized spacial score (nSPS) is 19.0. The average Bonchev–Trinajstić information content (AvgIpc) is 3.85. The summed E-state index contributed by atoms with van der Waals surface area (Å²) >= 11 is 1.97. The van der Waals surface area contributed by atoms with Gasteiger partial charge in [0, 0.05) is 49.7 Å². The minimum absolute atomic E-state index is 0.0659. The molecule has 256 valence electrons. The van der Waals surface area contributed by atoms with Crippen LogP contribution in [0.2, 0.25) is 0 Å². The van der Waals surface area contributed by atoms with Gasteiger partial charge in [-0.15, -0.1) is 0 Å². The van der Waals surface area contributed by atoms with Gasteiger partial charge in [0.1, 0.15) is 0 Å². The van der Waals surface area contributed by atoms with Crippen molar-refractivity contribution in [3.8, 4) is 27.9 Å². The highest BCUT2D eigenvalue weighted by molar-refractivity contribution is 8.03. The van der Waals surface area contributed by atoms with Gasteiger partial charge in [-0.05, 0) is 104 Å². The van der Waals surface area contributed by atoms with Crippen molar-refractivity contribution in [2.24, 2.45) is 0 Å². The maximum atomic E-state index is 2.68. The van der Waals surface area contributed by atoms with E-state index in [4.69, 9.17) is 0 Å². The van der Waals surface area contributed by atoms with Crippen LogP contribution in [0.3, 0.4) is 0 Å². The van der Waals surface area contributed by atoms with Crippen LogP contribution in [-0.2, 0) is 11.8 Å². The Balaban J connectivity index is 1.08. The van der Waals surface area contributed by atoms with E-state index in [1.54, 1.807) is 0 Å². The molecule has 3 heteroatoms. The molecule has 1 aliphatic heterocycles. The maximum absolute atomic E-state index is 2.68. The second kappa shape index (κ2) is 11.2. The third-order valence-electron chi connectivity index (χ3n) is 12.5. The number of thioether (sulfide) groups is 1. The molecule has 0 bridgehead atoms. The molecule has 0 spiro atoms. The third-order valence-corrected chi connectivity index (χ3v) is 13.9. The Morgan fingerprint density at radius 2 is 1.48 bits per heavy atom. The number of hydrogen-bond acceptors (Lipinski definition) is 2. The highest BCUT2D eigenvalue weighted by Gasteiger charge is 2.44. The Hall–Kier alpha value is -6.03. The predicted molar refractivity (Wildman–Crippen MR) is 229 cm³/mol. The standard InChI is InChI=1S/C51H36N2S/c1-51-28-12-22-45(50(51)54-47-23-10-8-20-43(47)51)52(36-24-26-39-38-18-7-9-21-44(38)53(46(39)31-36)34-15-3-2-4-16-34)35-25-27-41-42(30-35)40-19-11-14-33-29-32-13-5-6-17-37(32)49(41)48(33)40/h2-27,29-30,36H,28,31H2,1H3. The van der Waals surface area contributed by atoms with E-state index in [-0.39, 0.29) is 11.5 Å². The van der Waals surface area contributed by atoms with Crippen LogP contribution in [0.4, 0.5) is 5.69 Å². The topological polar surface area (TPSA) is 8.17 Å². The van der Waals surface area contributed by atoms with E-state index in [9.17, 15) is 0 Å². The number of benzene rings is 7. The summed E-state index contributed by atoms with van der Waals surface area (Å²) in [6, 6.07) is 54.3. The molecule has 0 radical (unpaired) electrons. The van der Waals surface area contributed by atoms with Crippen molar-refractivity contribution in [1.82, 2.24) is 4.57 Å². The molecule has 0 fully saturated rings. The number of rotatable bonds is 4. The summed E-state index contributed by atoms with van der Waals surface area (Å²) in [5.41, 5.74) is 14.4. The summed E-state index contributed by atoms with van der Waals surface area (Å²) in [6.07, 6.45) is 11.6. The van der Waals surface area contributed by atoms with Gasteiger partial charge in [0.15, 0.2) is 0 Å². The van der Waals surface area contributed by atoms with E-state index in [0.717, 1.165) is 12.8 Å². The Morgan fingerprint density at radius 1 is 0.685 bits per heavy atom. The zero-order valence-electron chi connectivity index (χ0n) is 30.0. The highest BCUT2D eigenvalue weighted by atomic mass is 32.2. The smallest absolute Gasteiger partial charge is 0.0580 e. The van der Waals surface area contributed by atoms with Crippen molar-refractivity contribution in [1.29, 1.82) is 0 Å². The van der Waals surface area contributed by atoms with E-state index in [1.165, 1.54) is 98.4 Å². The summed E-state index contributed by atoms with van der Waals surface area (Å²) in [7, 11) is 0. The lowest BCUT2D eigenvalue weighted by atomic mass is 9.76. The zero-order valence-corrected chi connectivity index (χ0v) is 30.8. The fourth-order valence-electron chi connectivity index (χ4n) is 10.1. The Bertz CT molecular complexity index is 3000. The van der Waals surface area contributed by atoms with Gasteiger partial charge in [0.05, 0.1) is 17.3 Å². The summed E-state index contributed by atoms with van der Waals surface area (Å²) in [6.45, 7) is 2.45. The lowest BCUT2D eigenvalue weighted by molar-refractivity contribution is 0.576. The Labute approximate surface area is 319 Å². The molecule has 3 aliphatic carbocycles. The van der Waals surface area contributed by atoms with Crippen LogP contribution in [0.25, 0.3) is 66.5 Å². The number of anilines is 1. The second-order valence-corrected chi connectivity index (χ2v) is 16.5. The minimum Gasteiger partial charge on any atom is -0.333 e. The molecule has 0 amide bonds. The van der Waals surface area contributed by atoms with Gasteiger partial charge in [0.2, 0.25) is 0 Å². The minimum atomic E-state index is -0.0659. The third kappa shape index (κ3) is 4.13. The lowest BCUT2D eigenvalue weighted by Crippen LogP contribution is -2.39. The molecule has 4 aliphatic rings. The van der Waals surface area contributed by atoms with Crippen molar-refractivity contribution >= 4 is 56.0 Å². The summed E-state index contributed by atoms with van der Waals surface area (Å²) in [5, 5.41) is 6.61. The van der Waals surface area contributed by atoms with Gasteiger partial charge in [-0.25, -0.2) is 0 Å². The largest absolute Gasteiger partial charge is 0.333 e. The van der Waals surface area contributed by atoms with Crippen LogP contribution in [0.15, 0.2) is 179 Å². The van der Waals surface area contributed by atoms with Gasteiger partial charge in [-0.1, -0.05) is 140 Å². The van der Waals surface area contributed by atoms with E-state index in [1.807, 2.05) is 11.8 Å². The van der Waals surface area contributed by atoms with Crippen molar-refractivity contribution in [3.05, 3.63) is 191 Å².